The molecule has 11 heteroatoms. The van der Waals surface area contributed by atoms with Gasteiger partial charge in [0.1, 0.15) is 6.17 Å². The van der Waals surface area contributed by atoms with Crippen LogP contribution in [-0.2, 0) is 11.3 Å². The lowest BCUT2D eigenvalue weighted by Crippen LogP contribution is -2.42. The Balaban J connectivity index is 1.47. The summed E-state index contributed by atoms with van der Waals surface area (Å²) in [4.78, 5) is 34.1. The van der Waals surface area contributed by atoms with E-state index in [1.54, 1.807) is 18.3 Å². The van der Waals surface area contributed by atoms with Crippen LogP contribution in [0.5, 0.6) is 0 Å². The zero-order chi connectivity index (χ0) is 25.6. The van der Waals surface area contributed by atoms with Crippen molar-refractivity contribution in [2.45, 2.75) is 39.1 Å². The third-order valence-electron chi connectivity index (χ3n) is 6.58. The molecule has 36 heavy (non-hydrogen) atoms. The Labute approximate surface area is 207 Å². The van der Waals surface area contributed by atoms with Crippen molar-refractivity contribution in [3.63, 3.8) is 0 Å². The van der Waals surface area contributed by atoms with Crippen LogP contribution in [0.3, 0.4) is 0 Å². The number of rotatable bonds is 6. The molecule has 4 heterocycles. The van der Waals surface area contributed by atoms with Gasteiger partial charge in [-0.15, -0.1) is 0 Å². The number of halogens is 1. The number of benzene rings is 1. The van der Waals surface area contributed by atoms with E-state index in [9.17, 15) is 19.1 Å². The number of aliphatic hydroxyl groups is 1. The van der Waals surface area contributed by atoms with Gasteiger partial charge < -0.3 is 25.0 Å². The number of carbonyl (C=O) groups excluding carboxylic acids is 2. The first-order valence-corrected chi connectivity index (χ1v) is 11.9. The quantitative estimate of drug-likeness (QED) is 0.538. The predicted molar refractivity (Wildman–Crippen MR) is 131 cm³/mol. The molecule has 0 radical (unpaired) electrons. The summed E-state index contributed by atoms with van der Waals surface area (Å²) in [5.41, 5.74) is 2.59. The van der Waals surface area contributed by atoms with Gasteiger partial charge in [0, 0.05) is 25.2 Å². The van der Waals surface area contributed by atoms with Crippen molar-refractivity contribution in [2.75, 3.05) is 43.1 Å². The fourth-order valence-corrected chi connectivity index (χ4v) is 4.45. The molecule has 10 nitrogen and oxygen atoms in total. The predicted octanol–water partition coefficient (Wildman–Crippen LogP) is 2.19. The van der Waals surface area contributed by atoms with Gasteiger partial charge in [-0.3, -0.25) is 9.59 Å². The number of fused-ring (bicyclic) bond motifs is 2. The number of alkyl halides is 1. The largest absolute Gasteiger partial charge is 0.387 e. The Kier molecular flexibility index (Phi) is 6.13. The molecule has 2 N–H and O–H groups in total. The summed E-state index contributed by atoms with van der Waals surface area (Å²) >= 11 is 0. The fourth-order valence-electron chi connectivity index (χ4n) is 4.45. The normalized spacial score (nSPS) is 17.0. The van der Waals surface area contributed by atoms with Gasteiger partial charge in [0.05, 0.1) is 49.1 Å². The minimum atomic E-state index is -1.60. The van der Waals surface area contributed by atoms with Crippen LogP contribution in [0.25, 0.3) is 5.65 Å². The molecule has 1 atom stereocenters. The second kappa shape index (κ2) is 9.14. The summed E-state index contributed by atoms with van der Waals surface area (Å²) in [6, 6.07) is 5.37. The molecule has 2 aliphatic heterocycles. The Bertz CT molecular complexity index is 1330. The smallest absolute Gasteiger partial charge is 0.276 e. The van der Waals surface area contributed by atoms with Gasteiger partial charge in [-0.1, -0.05) is 0 Å². The van der Waals surface area contributed by atoms with E-state index in [4.69, 9.17) is 4.74 Å². The van der Waals surface area contributed by atoms with E-state index in [1.165, 1.54) is 29.5 Å². The first-order valence-electron chi connectivity index (χ1n) is 11.9. The third-order valence-corrected chi connectivity index (χ3v) is 6.58. The average molecular weight is 497 g/mol. The molecule has 0 aliphatic carbocycles. The van der Waals surface area contributed by atoms with Crippen LogP contribution in [0.2, 0.25) is 0 Å². The molecule has 2 aromatic heterocycles. The molecular formula is C25H29FN6O4. The molecule has 1 saturated heterocycles. The number of imidazole rings is 1. The number of ether oxygens (including phenoxy) is 1. The number of anilines is 2. The molecule has 2 amide bonds. The van der Waals surface area contributed by atoms with Crippen molar-refractivity contribution in [2.24, 2.45) is 0 Å². The molecule has 3 aromatic rings. The van der Waals surface area contributed by atoms with E-state index < -0.39 is 11.8 Å². The lowest BCUT2D eigenvalue weighted by Gasteiger charge is -2.31. The van der Waals surface area contributed by atoms with E-state index in [-0.39, 0.29) is 30.6 Å². The summed E-state index contributed by atoms with van der Waals surface area (Å²) in [7, 11) is 0. The Morgan fingerprint density at radius 2 is 2.00 bits per heavy atom. The van der Waals surface area contributed by atoms with Crippen molar-refractivity contribution < 1.29 is 23.8 Å². The first-order chi connectivity index (χ1) is 17.1. The van der Waals surface area contributed by atoms with Crippen LogP contribution < -0.4 is 10.2 Å². The summed E-state index contributed by atoms with van der Waals surface area (Å²) in [6.45, 7) is 6.87. The summed E-state index contributed by atoms with van der Waals surface area (Å²) in [6.07, 6.45) is 1.54. The number of hydrogen-bond acceptors (Lipinski definition) is 7. The SMILES string of the molecule is Cc1cnn2c(C(=O)Nc3cc4c(cc3N3CCOCC3)C(=O)N(CC(F)C(C)(C)O)C4)cnc2c1. The van der Waals surface area contributed by atoms with Crippen LogP contribution in [0.1, 0.15) is 45.8 Å². The van der Waals surface area contributed by atoms with Crippen LogP contribution in [0, 0.1) is 6.92 Å². The van der Waals surface area contributed by atoms with Gasteiger partial charge in [0.2, 0.25) is 0 Å². The molecule has 5 rings (SSSR count). The highest BCUT2D eigenvalue weighted by molar-refractivity contribution is 6.07. The van der Waals surface area contributed by atoms with E-state index in [0.29, 0.717) is 54.5 Å². The van der Waals surface area contributed by atoms with Crippen LogP contribution in [0.4, 0.5) is 15.8 Å². The maximum absolute atomic E-state index is 14.6. The molecule has 0 bridgehead atoms. The van der Waals surface area contributed by atoms with E-state index in [0.717, 1.165) is 5.56 Å². The highest BCUT2D eigenvalue weighted by atomic mass is 19.1. The average Bonchev–Trinajstić information content (AvgIpc) is 3.39. The Hall–Kier alpha value is -3.57. The number of nitrogens with zero attached hydrogens (tertiary/aromatic N) is 5. The minimum absolute atomic E-state index is 0.188. The van der Waals surface area contributed by atoms with Crippen molar-refractivity contribution in [1.29, 1.82) is 0 Å². The summed E-state index contributed by atoms with van der Waals surface area (Å²) < 4.78 is 21.5. The number of nitrogens with one attached hydrogen (secondary N) is 1. The molecule has 1 aromatic carbocycles. The molecule has 0 spiro atoms. The zero-order valence-corrected chi connectivity index (χ0v) is 20.5. The molecular weight excluding hydrogens is 467 g/mol. The standard InChI is InChI=1S/C25H29FN6O4/c1-15-8-22-27-12-20(32(22)28-11-15)23(33)29-18-9-16-13-31(14-21(26)25(2,3)35)24(34)17(16)10-19(18)30-4-6-36-7-5-30/h8-12,21,35H,4-7,13-14H2,1-3H3,(H,29,33). The van der Waals surface area contributed by atoms with Crippen molar-refractivity contribution in [3.8, 4) is 0 Å². The maximum atomic E-state index is 14.6. The topological polar surface area (TPSA) is 112 Å². The van der Waals surface area contributed by atoms with Crippen molar-refractivity contribution in [1.82, 2.24) is 19.5 Å². The summed E-state index contributed by atoms with van der Waals surface area (Å²) in [5.74, 6) is -0.689. The zero-order valence-electron chi connectivity index (χ0n) is 20.5. The Morgan fingerprint density at radius 1 is 1.25 bits per heavy atom. The number of amides is 2. The lowest BCUT2D eigenvalue weighted by molar-refractivity contribution is -0.0159. The van der Waals surface area contributed by atoms with Crippen LogP contribution in [0.15, 0.2) is 30.6 Å². The van der Waals surface area contributed by atoms with Gasteiger partial charge in [0.15, 0.2) is 11.3 Å². The Morgan fingerprint density at radius 3 is 2.72 bits per heavy atom. The molecule has 190 valence electrons. The van der Waals surface area contributed by atoms with Crippen LogP contribution >= 0.6 is 0 Å². The number of aromatic nitrogens is 3. The fraction of sp³-hybridized carbons (Fsp3) is 0.440. The van der Waals surface area contributed by atoms with Gasteiger partial charge in [0.25, 0.3) is 11.8 Å². The number of morpholine rings is 1. The maximum Gasteiger partial charge on any atom is 0.276 e. The van der Waals surface area contributed by atoms with E-state index in [1.807, 2.05) is 13.0 Å². The molecule has 1 fully saturated rings. The minimum Gasteiger partial charge on any atom is -0.387 e. The molecule has 1 unspecified atom stereocenters. The van der Waals surface area contributed by atoms with Crippen molar-refractivity contribution >= 4 is 28.8 Å². The van der Waals surface area contributed by atoms with Gasteiger partial charge in [-0.25, -0.2) is 13.9 Å². The van der Waals surface area contributed by atoms with Gasteiger partial charge in [-0.05, 0) is 50.1 Å². The van der Waals surface area contributed by atoms with Crippen molar-refractivity contribution in [3.05, 3.63) is 53.0 Å². The monoisotopic (exact) mass is 496 g/mol. The van der Waals surface area contributed by atoms with Gasteiger partial charge in [-0.2, -0.15) is 5.10 Å². The lowest BCUT2D eigenvalue weighted by atomic mass is 10.0. The highest BCUT2D eigenvalue weighted by Crippen LogP contribution is 2.35. The highest BCUT2D eigenvalue weighted by Gasteiger charge is 2.35. The van der Waals surface area contributed by atoms with Gasteiger partial charge >= 0.3 is 0 Å². The first kappa shape index (κ1) is 24.1. The molecule has 0 saturated carbocycles. The summed E-state index contributed by atoms with van der Waals surface area (Å²) in [5, 5.41) is 17.3. The number of carbonyl (C=O) groups is 2. The second-order valence-electron chi connectivity index (χ2n) is 9.83. The number of hydrogen-bond donors (Lipinski definition) is 2. The van der Waals surface area contributed by atoms with E-state index >= 15 is 0 Å². The third kappa shape index (κ3) is 4.51. The van der Waals surface area contributed by atoms with Crippen LogP contribution in [-0.4, -0.2) is 81.0 Å². The van der Waals surface area contributed by atoms with E-state index in [2.05, 4.69) is 20.3 Å². The second-order valence-corrected chi connectivity index (χ2v) is 9.83. The number of aryl methyl sites for hydroxylation is 1. The molecule has 2 aliphatic rings.